The number of imidazole rings is 1. The van der Waals surface area contributed by atoms with Crippen molar-refractivity contribution in [1.29, 1.82) is 0 Å². The molecule has 0 bridgehead atoms. The lowest BCUT2D eigenvalue weighted by atomic mass is 10.3. The summed E-state index contributed by atoms with van der Waals surface area (Å²) in [6.07, 6.45) is 2.55. The fourth-order valence-electron chi connectivity index (χ4n) is 2.03. The topological polar surface area (TPSA) is 84.7 Å². The van der Waals surface area contributed by atoms with Crippen molar-refractivity contribution in [2.45, 2.75) is 13.3 Å². The molecule has 0 unspecified atom stereocenters. The number of amides is 2. The molecular formula is C15H20N4O3. The van der Waals surface area contributed by atoms with Crippen LogP contribution in [-0.4, -0.2) is 48.0 Å². The molecule has 0 spiro atoms. The number of pyridine rings is 1. The van der Waals surface area contributed by atoms with Gasteiger partial charge in [-0.15, -0.1) is 0 Å². The zero-order chi connectivity index (χ0) is 15.9. The lowest BCUT2D eigenvalue weighted by Gasteiger charge is -2.03. The Bertz CT molecular complexity index is 666. The fourth-order valence-corrected chi connectivity index (χ4v) is 2.03. The Kier molecular flexibility index (Phi) is 5.48. The van der Waals surface area contributed by atoms with Crippen LogP contribution in [-0.2, 0) is 4.74 Å². The molecule has 0 aromatic carbocycles. The van der Waals surface area contributed by atoms with Crippen LogP contribution in [0.15, 0.2) is 24.4 Å². The second kappa shape index (κ2) is 7.56. The van der Waals surface area contributed by atoms with Gasteiger partial charge in [0.05, 0.1) is 12.1 Å². The minimum absolute atomic E-state index is 0.188. The maximum absolute atomic E-state index is 12.2. The van der Waals surface area contributed by atoms with E-state index in [2.05, 4.69) is 15.6 Å². The third kappa shape index (κ3) is 3.43. The number of nitrogens with zero attached hydrogens (tertiary/aromatic N) is 2. The van der Waals surface area contributed by atoms with E-state index in [0.717, 1.165) is 6.42 Å². The van der Waals surface area contributed by atoms with E-state index in [1.807, 2.05) is 6.92 Å². The molecule has 7 heteroatoms. The maximum atomic E-state index is 12.2. The van der Waals surface area contributed by atoms with Crippen molar-refractivity contribution >= 4 is 17.3 Å². The van der Waals surface area contributed by atoms with Crippen LogP contribution in [0.3, 0.4) is 0 Å². The summed E-state index contributed by atoms with van der Waals surface area (Å²) in [7, 11) is 1.56. The first-order chi connectivity index (χ1) is 10.7. The van der Waals surface area contributed by atoms with E-state index >= 15 is 0 Å². The van der Waals surface area contributed by atoms with Gasteiger partial charge in [0.2, 0.25) is 5.82 Å². The number of rotatable bonds is 7. The molecule has 2 amide bonds. The molecule has 0 radical (unpaired) electrons. The van der Waals surface area contributed by atoms with Gasteiger partial charge in [-0.2, -0.15) is 0 Å². The lowest BCUT2D eigenvalue weighted by molar-refractivity contribution is 0.0926. The monoisotopic (exact) mass is 304 g/mol. The van der Waals surface area contributed by atoms with E-state index < -0.39 is 0 Å². The Morgan fingerprint density at radius 1 is 1.23 bits per heavy atom. The van der Waals surface area contributed by atoms with Crippen molar-refractivity contribution in [2.24, 2.45) is 0 Å². The number of carbonyl (C=O) groups is 2. The highest BCUT2D eigenvalue weighted by Gasteiger charge is 2.20. The number of nitrogens with one attached hydrogen (secondary N) is 2. The van der Waals surface area contributed by atoms with Crippen LogP contribution in [0.25, 0.3) is 5.52 Å². The number of fused-ring (bicyclic) bond motifs is 1. The van der Waals surface area contributed by atoms with Crippen molar-refractivity contribution in [2.75, 3.05) is 26.8 Å². The van der Waals surface area contributed by atoms with E-state index in [-0.39, 0.29) is 23.3 Å². The second-order valence-corrected chi connectivity index (χ2v) is 4.74. The molecule has 2 rings (SSSR count). The third-order valence-corrected chi connectivity index (χ3v) is 3.09. The number of carbonyl (C=O) groups excluding carboxylic acids is 2. The zero-order valence-corrected chi connectivity index (χ0v) is 12.8. The minimum atomic E-state index is -0.340. The molecule has 0 aliphatic rings. The molecule has 2 aromatic heterocycles. The second-order valence-electron chi connectivity index (χ2n) is 4.74. The van der Waals surface area contributed by atoms with Gasteiger partial charge >= 0.3 is 0 Å². The normalized spacial score (nSPS) is 10.6. The summed E-state index contributed by atoms with van der Waals surface area (Å²) in [5.74, 6) is -0.428. The van der Waals surface area contributed by atoms with Crippen LogP contribution >= 0.6 is 0 Å². The van der Waals surface area contributed by atoms with Gasteiger partial charge in [0, 0.05) is 26.4 Å². The molecular weight excluding hydrogens is 284 g/mol. The van der Waals surface area contributed by atoms with Gasteiger partial charge in [-0.05, 0) is 18.6 Å². The standard InChI is InChI=1S/C15H20N4O3/c1-3-7-16-14(20)12-11-6-4-5-9-19(11)13(18-12)15(21)17-8-10-22-2/h4-6,9H,3,7-8,10H2,1-2H3,(H,16,20)(H,17,21). The Labute approximate surface area is 128 Å². The highest BCUT2D eigenvalue weighted by Crippen LogP contribution is 2.13. The van der Waals surface area contributed by atoms with Crippen LogP contribution in [0, 0.1) is 0 Å². The molecule has 2 heterocycles. The zero-order valence-electron chi connectivity index (χ0n) is 12.8. The highest BCUT2D eigenvalue weighted by molar-refractivity contribution is 6.02. The first-order valence-corrected chi connectivity index (χ1v) is 7.21. The average molecular weight is 304 g/mol. The molecule has 0 saturated carbocycles. The molecule has 7 nitrogen and oxygen atoms in total. The van der Waals surface area contributed by atoms with Crippen LogP contribution in [0.4, 0.5) is 0 Å². The van der Waals surface area contributed by atoms with E-state index in [1.54, 1.807) is 35.9 Å². The number of aromatic nitrogens is 2. The molecule has 0 fully saturated rings. The Morgan fingerprint density at radius 2 is 2.00 bits per heavy atom. The van der Waals surface area contributed by atoms with Gasteiger partial charge in [0.25, 0.3) is 11.8 Å². The summed E-state index contributed by atoms with van der Waals surface area (Å²) in [4.78, 5) is 28.6. The SMILES string of the molecule is CCCNC(=O)c1nc(C(=O)NCCOC)n2ccccc12. The summed E-state index contributed by atoms with van der Waals surface area (Å²) in [6.45, 7) is 3.34. The van der Waals surface area contributed by atoms with Gasteiger partial charge in [-0.1, -0.05) is 13.0 Å². The van der Waals surface area contributed by atoms with Gasteiger partial charge in [0.1, 0.15) is 0 Å². The van der Waals surface area contributed by atoms with Crippen molar-refractivity contribution in [3.8, 4) is 0 Å². The predicted molar refractivity (Wildman–Crippen MR) is 82.0 cm³/mol. The summed E-state index contributed by atoms with van der Waals surface area (Å²) in [6, 6.07) is 5.36. The molecule has 118 valence electrons. The largest absolute Gasteiger partial charge is 0.383 e. The van der Waals surface area contributed by atoms with Gasteiger partial charge in [0.15, 0.2) is 5.69 Å². The quantitative estimate of drug-likeness (QED) is 0.743. The number of methoxy groups -OCH3 is 1. The number of hydrogen-bond donors (Lipinski definition) is 2. The summed E-state index contributed by atoms with van der Waals surface area (Å²) >= 11 is 0. The van der Waals surface area contributed by atoms with Crippen LogP contribution in [0.2, 0.25) is 0 Å². The Morgan fingerprint density at radius 3 is 2.73 bits per heavy atom. The summed E-state index contributed by atoms with van der Waals surface area (Å²) < 4.78 is 6.51. The van der Waals surface area contributed by atoms with Crippen LogP contribution in [0.1, 0.15) is 34.5 Å². The maximum Gasteiger partial charge on any atom is 0.287 e. The van der Waals surface area contributed by atoms with Crippen molar-refractivity contribution < 1.29 is 14.3 Å². The van der Waals surface area contributed by atoms with Crippen molar-refractivity contribution in [3.63, 3.8) is 0 Å². The van der Waals surface area contributed by atoms with E-state index in [9.17, 15) is 9.59 Å². The Hall–Kier alpha value is -2.41. The number of ether oxygens (including phenoxy) is 1. The molecule has 22 heavy (non-hydrogen) atoms. The first-order valence-electron chi connectivity index (χ1n) is 7.21. The van der Waals surface area contributed by atoms with E-state index in [0.29, 0.717) is 25.2 Å². The van der Waals surface area contributed by atoms with Crippen LogP contribution < -0.4 is 10.6 Å². The fraction of sp³-hybridized carbons (Fsp3) is 0.400. The Balaban J connectivity index is 2.31. The summed E-state index contributed by atoms with van der Waals surface area (Å²) in [5.41, 5.74) is 0.860. The predicted octanol–water partition coefficient (Wildman–Crippen LogP) is 0.850. The van der Waals surface area contributed by atoms with Crippen LogP contribution in [0.5, 0.6) is 0 Å². The molecule has 2 N–H and O–H groups in total. The molecule has 0 saturated heterocycles. The smallest absolute Gasteiger partial charge is 0.287 e. The third-order valence-electron chi connectivity index (χ3n) is 3.09. The molecule has 0 atom stereocenters. The van der Waals surface area contributed by atoms with Gasteiger partial charge in [-0.3, -0.25) is 14.0 Å². The summed E-state index contributed by atoms with van der Waals surface area (Å²) in [5, 5.41) is 5.49. The number of hydrogen-bond acceptors (Lipinski definition) is 4. The van der Waals surface area contributed by atoms with Crippen molar-refractivity contribution in [3.05, 3.63) is 35.9 Å². The van der Waals surface area contributed by atoms with Gasteiger partial charge < -0.3 is 15.4 Å². The van der Waals surface area contributed by atoms with Gasteiger partial charge in [-0.25, -0.2) is 4.98 Å². The highest BCUT2D eigenvalue weighted by atomic mass is 16.5. The molecule has 0 aliphatic heterocycles. The molecule has 0 aliphatic carbocycles. The van der Waals surface area contributed by atoms with E-state index in [1.165, 1.54) is 0 Å². The van der Waals surface area contributed by atoms with E-state index in [4.69, 9.17) is 4.74 Å². The first kappa shape index (κ1) is 16.0. The average Bonchev–Trinajstić information content (AvgIpc) is 2.92. The molecule has 2 aromatic rings. The van der Waals surface area contributed by atoms with Crippen molar-refractivity contribution in [1.82, 2.24) is 20.0 Å². The minimum Gasteiger partial charge on any atom is -0.383 e. The lowest BCUT2D eigenvalue weighted by Crippen LogP contribution is -2.29.